The molecule has 200 valence electrons. The number of hydrogen-bond donors (Lipinski definition) is 1. The molecule has 1 N–H and O–H groups in total. The molecule has 3 amide bonds. The molecule has 0 saturated heterocycles. The summed E-state index contributed by atoms with van der Waals surface area (Å²) in [4.78, 5) is 31.3. The van der Waals surface area contributed by atoms with Crippen LogP contribution in [0.3, 0.4) is 0 Å². The van der Waals surface area contributed by atoms with Crippen molar-refractivity contribution in [1.29, 1.82) is 0 Å². The van der Waals surface area contributed by atoms with Crippen LogP contribution in [-0.4, -0.2) is 34.5 Å². The molecule has 1 aliphatic heterocycles. The molecule has 6 nitrogen and oxygen atoms in total. The number of para-hydroxylation sites is 2. The maximum atomic E-state index is 14.3. The smallest absolute Gasteiger partial charge is 0.316 e. The van der Waals surface area contributed by atoms with E-state index in [0.717, 1.165) is 57.9 Å². The molecule has 5 rings (SSSR count). The second-order valence-electron chi connectivity index (χ2n) is 10.3. The molecule has 1 unspecified atom stereocenters. The van der Waals surface area contributed by atoms with Crippen molar-refractivity contribution >= 4 is 23.3 Å². The molecule has 0 fully saturated rings. The number of anilines is 2. The van der Waals surface area contributed by atoms with Gasteiger partial charge in [0.2, 0.25) is 5.91 Å². The number of amides is 3. The number of rotatable bonds is 7. The van der Waals surface area contributed by atoms with Crippen LogP contribution in [0.2, 0.25) is 0 Å². The van der Waals surface area contributed by atoms with E-state index in [-0.39, 0.29) is 24.5 Å². The van der Waals surface area contributed by atoms with Crippen LogP contribution in [0.5, 0.6) is 0 Å². The van der Waals surface area contributed by atoms with E-state index in [2.05, 4.69) is 54.1 Å². The Balaban J connectivity index is 1.50. The maximum absolute atomic E-state index is 14.3. The topological polar surface area (TPSA) is 57.6 Å². The Kier molecular flexibility index (Phi) is 7.55. The van der Waals surface area contributed by atoms with Crippen molar-refractivity contribution in [3.63, 3.8) is 0 Å². The quantitative estimate of drug-likeness (QED) is 0.281. The summed E-state index contributed by atoms with van der Waals surface area (Å²) < 4.78 is 2.16. The molecule has 0 radical (unpaired) electrons. The van der Waals surface area contributed by atoms with Crippen LogP contribution >= 0.6 is 0 Å². The van der Waals surface area contributed by atoms with Crippen LogP contribution in [0.1, 0.15) is 53.8 Å². The van der Waals surface area contributed by atoms with Crippen LogP contribution in [0.4, 0.5) is 16.2 Å². The van der Waals surface area contributed by atoms with E-state index in [4.69, 9.17) is 0 Å². The van der Waals surface area contributed by atoms with Crippen LogP contribution < -0.4 is 10.2 Å². The maximum Gasteiger partial charge on any atom is 0.322 e. The van der Waals surface area contributed by atoms with Gasteiger partial charge in [0.1, 0.15) is 12.6 Å². The highest BCUT2D eigenvalue weighted by molar-refractivity contribution is 6.01. The molecule has 6 heteroatoms. The van der Waals surface area contributed by atoms with E-state index < -0.39 is 0 Å². The van der Waals surface area contributed by atoms with E-state index in [1.54, 1.807) is 4.90 Å². The Bertz CT molecular complexity index is 1490. The van der Waals surface area contributed by atoms with Crippen molar-refractivity contribution in [2.24, 2.45) is 0 Å². The summed E-state index contributed by atoms with van der Waals surface area (Å²) in [6.45, 7) is 8.65. The summed E-state index contributed by atoms with van der Waals surface area (Å²) in [7, 11) is 0. The molecule has 1 atom stereocenters. The number of nitrogens with one attached hydrogen (secondary N) is 1. The van der Waals surface area contributed by atoms with Gasteiger partial charge in [-0.2, -0.15) is 0 Å². The van der Waals surface area contributed by atoms with Gasteiger partial charge in [-0.3, -0.25) is 9.69 Å². The Morgan fingerprint density at radius 3 is 2.36 bits per heavy atom. The summed E-state index contributed by atoms with van der Waals surface area (Å²) in [5.41, 5.74) is 7.91. The molecule has 2 heterocycles. The SMILES string of the molecule is CCCCN(CC(=O)N1c2ccccc2-n2cccc2C1c1ccc(C)cc1)C(=O)Nc1cccc(C)c1C. The van der Waals surface area contributed by atoms with Crippen molar-refractivity contribution in [2.45, 2.75) is 46.6 Å². The van der Waals surface area contributed by atoms with E-state index >= 15 is 0 Å². The molecule has 0 spiro atoms. The van der Waals surface area contributed by atoms with Gasteiger partial charge in [0, 0.05) is 18.4 Å². The molecular weight excluding hydrogens is 484 g/mol. The van der Waals surface area contributed by atoms with Crippen molar-refractivity contribution in [2.75, 3.05) is 23.3 Å². The molecule has 4 aromatic rings. The highest BCUT2D eigenvalue weighted by Gasteiger charge is 2.37. The van der Waals surface area contributed by atoms with Gasteiger partial charge in [-0.15, -0.1) is 0 Å². The molecule has 39 heavy (non-hydrogen) atoms. The summed E-state index contributed by atoms with van der Waals surface area (Å²) >= 11 is 0. The third-order valence-electron chi connectivity index (χ3n) is 7.62. The lowest BCUT2D eigenvalue weighted by molar-refractivity contribution is -0.119. The number of urea groups is 1. The zero-order valence-corrected chi connectivity index (χ0v) is 23.1. The van der Waals surface area contributed by atoms with Gasteiger partial charge >= 0.3 is 6.03 Å². The van der Waals surface area contributed by atoms with Crippen LogP contribution in [0, 0.1) is 20.8 Å². The van der Waals surface area contributed by atoms with E-state index in [9.17, 15) is 9.59 Å². The van der Waals surface area contributed by atoms with E-state index in [1.807, 2.05) is 73.5 Å². The second kappa shape index (κ2) is 11.2. The lowest BCUT2D eigenvalue weighted by Crippen LogP contribution is -2.48. The fourth-order valence-electron chi connectivity index (χ4n) is 5.25. The first-order chi connectivity index (χ1) is 18.9. The first-order valence-corrected chi connectivity index (χ1v) is 13.7. The number of aromatic nitrogens is 1. The minimum Gasteiger partial charge on any atom is -0.316 e. The van der Waals surface area contributed by atoms with Gasteiger partial charge in [-0.05, 0) is 74.2 Å². The predicted octanol–water partition coefficient (Wildman–Crippen LogP) is 7.17. The Morgan fingerprint density at radius 2 is 1.62 bits per heavy atom. The Labute approximate surface area is 230 Å². The van der Waals surface area contributed by atoms with Gasteiger partial charge in [-0.25, -0.2) is 4.79 Å². The van der Waals surface area contributed by atoms with Crippen LogP contribution in [-0.2, 0) is 4.79 Å². The Hall–Kier alpha value is -4.32. The van der Waals surface area contributed by atoms with Crippen molar-refractivity contribution in [3.05, 3.63) is 113 Å². The number of hydrogen-bond acceptors (Lipinski definition) is 2. The standard InChI is InChI=1S/C33H36N4O2/c1-5-6-20-35(33(39)34-27-12-9-11-24(3)25(27)4)22-31(38)37-29-14-8-7-13-28(29)36-21-10-15-30(36)32(37)26-18-16-23(2)17-19-26/h7-19,21,32H,5-6,20,22H2,1-4H3,(H,34,39). The molecule has 3 aromatic carbocycles. The number of aryl methyl sites for hydroxylation is 2. The summed E-state index contributed by atoms with van der Waals surface area (Å²) in [5.74, 6) is -0.118. The first kappa shape index (κ1) is 26.3. The number of benzene rings is 3. The summed E-state index contributed by atoms with van der Waals surface area (Å²) in [5, 5.41) is 3.06. The summed E-state index contributed by atoms with van der Waals surface area (Å²) in [6, 6.07) is 25.7. The second-order valence-corrected chi connectivity index (χ2v) is 10.3. The molecular formula is C33H36N4O2. The van der Waals surface area contributed by atoms with Gasteiger partial charge in [0.15, 0.2) is 0 Å². The van der Waals surface area contributed by atoms with Crippen molar-refractivity contribution in [3.8, 4) is 5.69 Å². The number of unbranched alkanes of at least 4 members (excludes halogenated alkanes) is 1. The van der Waals surface area contributed by atoms with E-state index in [0.29, 0.717) is 6.54 Å². The fourth-order valence-corrected chi connectivity index (χ4v) is 5.25. The third-order valence-corrected chi connectivity index (χ3v) is 7.62. The highest BCUT2D eigenvalue weighted by Crippen LogP contribution is 2.42. The Morgan fingerprint density at radius 1 is 0.872 bits per heavy atom. The largest absolute Gasteiger partial charge is 0.322 e. The first-order valence-electron chi connectivity index (χ1n) is 13.7. The number of carbonyl (C=O) groups is 2. The average molecular weight is 521 g/mol. The monoisotopic (exact) mass is 520 g/mol. The average Bonchev–Trinajstić information content (AvgIpc) is 3.43. The minimum absolute atomic E-state index is 0.0197. The third kappa shape index (κ3) is 5.19. The highest BCUT2D eigenvalue weighted by atomic mass is 16.2. The van der Waals surface area contributed by atoms with Gasteiger partial charge in [-0.1, -0.05) is 67.4 Å². The van der Waals surface area contributed by atoms with Gasteiger partial charge < -0.3 is 14.8 Å². The zero-order chi connectivity index (χ0) is 27.5. The lowest BCUT2D eigenvalue weighted by Gasteiger charge is -2.39. The van der Waals surface area contributed by atoms with Gasteiger partial charge in [0.25, 0.3) is 0 Å². The van der Waals surface area contributed by atoms with E-state index in [1.165, 1.54) is 0 Å². The molecule has 0 aliphatic carbocycles. The van der Waals surface area contributed by atoms with Crippen molar-refractivity contribution in [1.82, 2.24) is 9.47 Å². The minimum atomic E-state index is -0.307. The molecule has 0 saturated carbocycles. The number of nitrogens with zero attached hydrogens (tertiary/aromatic N) is 3. The van der Waals surface area contributed by atoms with Crippen LogP contribution in [0.15, 0.2) is 85.1 Å². The molecule has 0 bridgehead atoms. The summed E-state index contributed by atoms with van der Waals surface area (Å²) in [6.07, 6.45) is 3.78. The predicted molar refractivity (Wildman–Crippen MR) is 158 cm³/mol. The normalized spacial score (nSPS) is 13.9. The molecule has 1 aromatic heterocycles. The number of carbonyl (C=O) groups excluding carboxylic acids is 2. The lowest BCUT2D eigenvalue weighted by atomic mass is 9.97. The molecule has 1 aliphatic rings. The zero-order valence-electron chi connectivity index (χ0n) is 23.1. The van der Waals surface area contributed by atoms with Gasteiger partial charge in [0.05, 0.1) is 17.1 Å². The van der Waals surface area contributed by atoms with Crippen molar-refractivity contribution < 1.29 is 9.59 Å². The number of fused-ring (bicyclic) bond motifs is 3. The fraction of sp³-hybridized carbons (Fsp3) is 0.273. The van der Waals surface area contributed by atoms with Crippen LogP contribution in [0.25, 0.3) is 5.69 Å².